The van der Waals surface area contributed by atoms with E-state index in [1.807, 2.05) is 11.3 Å². The van der Waals surface area contributed by atoms with Crippen LogP contribution in [0.1, 0.15) is 49.8 Å². The molecule has 0 aliphatic carbocycles. The van der Waals surface area contributed by atoms with Gasteiger partial charge in [-0.15, -0.1) is 11.3 Å². The highest BCUT2D eigenvalue weighted by atomic mass is 32.1. The molecule has 1 aliphatic heterocycles. The molecule has 2 rings (SSSR count). The van der Waals surface area contributed by atoms with E-state index in [9.17, 15) is 4.79 Å². The molecular formula is C18H31N3OS. The fourth-order valence-electron chi connectivity index (χ4n) is 3.21. The summed E-state index contributed by atoms with van der Waals surface area (Å²) in [6.45, 7) is 4.94. The maximum absolute atomic E-state index is 11.9. The number of nitrogens with one attached hydrogen (secondary N) is 1. The Balaban J connectivity index is 1.58. The highest BCUT2D eigenvalue weighted by Gasteiger charge is 2.20. The smallest absolute Gasteiger partial charge is 0.220 e. The number of carbonyl (C=O) groups excluding carboxylic acids is 1. The molecule has 5 heteroatoms. The summed E-state index contributed by atoms with van der Waals surface area (Å²) in [4.78, 5) is 15.9. The number of likely N-dealkylation sites (tertiary alicyclic amines) is 1. The molecule has 0 aromatic carbocycles. The monoisotopic (exact) mass is 337 g/mol. The summed E-state index contributed by atoms with van der Waals surface area (Å²) in [5, 5.41) is 5.28. The minimum atomic E-state index is 0.216. The average Bonchev–Trinajstić information content (AvgIpc) is 3.06. The number of carbonyl (C=O) groups is 1. The molecule has 2 heterocycles. The van der Waals surface area contributed by atoms with E-state index in [-0.39, 0.29) is 5.91 Å². The van der Waals surface area contributed by atoms with E-state index in [4.69, 9.17) is 5.73 Å². The molecule has 1 aliphatic rings. The molecule has 1 aromatic rings. The van der Waals surface area contributed by atoms with Crippen LogP contribution in [0, 0.1) is 5.92 Å². The van der Waals surface area contributed by atoms with Gasteiger partial charge in [-0.05, 0) is 56.1 Å². The van der Waals surface area contributed by atoms with Gasteiger partial charge in [-0.3, -0.25) is 9.69 Å². The second kappa shape index (κ2) is 10.8. The third kappa shape index (κ3) is 7.46. The average molecular weight is 338 g/mol. The quantitative estimate of drug-likeness (QED) is 0.645. The van der Waals surface area contributed by atoms with Gasteiger partial charge in [0.1, 0.15) is 0 Å². The van der Waals surface area contributed by atoms with Crippen LogP contribution in [0.3, 0.4) is 0 Å². The lowest BCUT2D eigenvalue weighted by atomic mass is 9.98. The van der Waals surface area contributed by atoms with Crippen molar-refractivity contribution in [2.45, 2.75) is 51.5 Å². The van der Waals surface area contributed by atoms with Crippen molar-refractivity contribution >= 4 is 17.2 Å². The van der Waals surface area contributed by atoms with Crippen LogP contribution in [0.25, 0.3) is 0 Å². The summed E-state index contributed by atoms with van der Waals surface area (Å²) in [6.07, 6.45) is 7.45. The number of hydrogen-bond donors (Lipinski definition) is 2. The number of nitrogens with zero attached hydrogens (tertiary/aromatic N) is 1. The summed E-state index contributed by atoms with van der Waals surface area (Å²) in [5.74, 6) is 0.818. The highest BCUT2D eigenvalue weighted by molar-refractivity contribution is 7.09. The number of thiophene rings is 1. The zero-order valence-electron chi connectivity index (χ0n) is 14.1. The molecule has 0 radical (unpaired) electrons. The number of rotatable bonds is 10. The topological polar surface area (TPSA) is 58.4 Å². The van der Waals surface area contributed by atoms with E-state index in [1.54, 1.807) is 0 Å². The normalized spacial score (nSPS) is 18.9. The van der Waals surface area contributed by atoms with E-state index in [0.717, 1.165) is 51.9 Å². The van der Waals surface area contributed by atoms with Crippen molar-refractivity contribution in [3.8, 4) is 0 Å². The van der Waals surface area contributed by atoms with Crippen LogP contribution in [0.15, 0.2) is 17.5 Å². The molecule has 1 fully saturated rings. The summed E-state index contributed by atoms with van der Waals surface area (Å²) < 4.78 is 0. The molecule has 0 spiro atoms. The molecule has 1 amide bonds. The number of unbranched alkanes of at least 4 members (excludes halogenated alkanes) is 3. The van der Waals surface area contributed by atoms with E-state index in [2.05, 4.69) is 27.7 Å². The maximum Gasteiger partial charge on any atom is 0.220 e. The number of amides is 1. The molecule has 130 valence electrons. The third-order valence-corrected chi connectivity index (χ3v) is 5.37. The zero-order valence-corrected chi connectivity index (χ0v) is 15.0. The molecule has 1 unspecified atom stereocenters. The lowest BCUT2D eigenvalue weighted by Crippen LogP contribution is -2.40. The standard InChI is InChI=1S/C18H31N3OS/c19-10-4-2-1-3-9-18(22)20-13-16-7-5-11-21(14-16)15-17-8-6-12-23-17/h6,8,12,16H,1-5,7,9-11,13-15,19H2,(H,20,22). The van der Waals surface area contributed by atoms with Gasteiger partial charge in [0.15, 0.2) is 0 Å². The summed E-state index contributed by atoms with van der Waals surface area (Å²) in [7, 11) is 0. The Morgan fingerprint density at radius 2 is 2.22 bits per heavy atom. The largest absolute Gasteiger partial charge is 0.356 e. The van der Waals surface area contributed by atoms with Crippen LogP contribution in [0.5, 0.6) is 0 Å². The predicted molar refractivity (Wildman–Crippen MR) is 97.5 cm³/mol. The van der Waals surface area contributed by atoms with Crippen molar-refractivity contribution in [1.82, 2.24) is 10.2 Å². The van der Waals surface area contributed by atoms with Crippen LogP contribution >= 0.6 is 11.3 Å². The predicted octanol–water partition coefficient (Wildman–Crippen LogP) is 2.99. The Bertz CT molecular complexity index is 435. The van der Waals surface area contributed by atoms with Crippen molar-refractivity contribution in [2.24, 2.45) is 11.7 Å². The second-order valence-electron chi connectivity index (χ2n) is 6.58. The first-order valence-electron chi connectivity index (χ1n) is 8.99. The molecule has 3 N–H and O–H groups in total. The SMILES string of the molecule is NCCCCCCC(=O)NCC1CCCN(Cc2cccs2)C1. The van der Waals surface area contributed by atoms with E-state index >= 15 is 0 Å². The third-order valence-electron chi connectivity index (χ3n) is 4.51. The fraction of sp³-hybridized carbons (Fsp3) is 0.722. The molecular weight excluding hydrogens is 306 g/mol. The Labute approximate surface area is 144 Å². The van der Waals surface area contributed by atoms with Gasteiger partial charge in [-0.2, -0.15) is 0 Å². The fourth-order valence-corrected chi connectivity index (χ4v) is 3.96. The first kappa shape index (κ1) is 18.4. The second-order valence-corrected chi connectivity index (χ2v) is 7.61. The van der Waals surface area contributed by atoms with Gasteiger partial charge in [0.05, 0.1) is 0 Å². The van der Waals surface area contributed by atoms with E-state index in [1.165, 1.54) is 24.3 Å². The van der Waals surface area contributed by atoms with Crippen molar-refractivity contribution in [3.05, 3.63) is 22.4 Å². The minimum Gasteiger partial charge on any atom is -0.356 e. The van der Waals surface area contributed by atoms with Gasteiger partial charge in [0.2, 0.25) is 5.91 Å². The Kier molecular flexibility index (Phi) is 8.64. The Hall–Kier alpha value is -0.910. The molecule has 1 saturated heterocycles. The number of piperidine rings is 1. The van der Waals surface area contributed by atoms with Gasteiger partial charge in [-0.1, -0.05) is 18.9 Å². The van der Waals surface area contributed by atoms with Crippen LogP contribution in [-0.2, 0) is 11.3 Å². The van der Waals surface area contributed by atoms with E-state index < -0.39 is 0 Å². The summed E-state index contributed by atoms with van der Waals surface area (Å²) in [5.41, 5.74) is 5.47. The molecule has 0 bridgehead atoms. The molecule has 23 heavy (non-hydrogen) atoms. The zero-order chi connectivity index (χ0) is 16.3. The van der Waals surface area contributed by atoms with Gasteiger partial charge in [0.25, 0.3) is 0 Å². The highest BCUT2D eigenvalue weighted by Crippen LogP contribution is 2.20. The molecule has 4 nitrogen and oxygen atoms in total. The van der Waals surface area contributed by atoms with Gasteiger partial charge >= 0.3 is 0 Å². The molecule has 1 aromatic heterocycles. The van der Waals surface area contributed by atoms with Crippen molar-refractivity contribution in [3.63, 3.8) is 0 Å². The van der Waals surface area contributed by atoms with Crippen LogP contribution in [0.2, 0.25) is 0 Å². The summed E-state index contributed by atoms with van der Waals surface area (Å²) in [6, 6.07) is 4.33. The lowest BCUT2D eigenvalue weighted by molar-refractivity contribution is -0.121. The maximum atomic E-state index is 11.9. The van der Waals surface area contributed by atoms with Gasteiger partial charge in [0, 0.05) is 30.9 Å². The molecule has 0 saturated carbocycles. The Morgan fingerprint density at radius 3 is 3.00 bits per heavy atom. The molecule has 1 atom stereocenters. The summed E-state index contributed by atoms with van der Waals surface area (Å²) >= 11 is 1.83. The lowest BCUT2D eigenvalue weighted by Gasteiger charge is -2.32. The number of hydrogen-bond acceptors (Lipinski definition) is 4. The minimum absolute atomic E-state index is 0.216. The Morgan fingerprint density at radius 1 is 1.35 bits per heavy atom. The van der Waals surface area contributed by atoms with Crippen LogP contribution < -0.4 is 11.1 Å². The van der Waals surface area contributed by atoms with Crippen molar-refractivity contribution in [1.29, 1.82) is 0 Å². The van der Waals surface area contributed by atoms with Crippen molar-refractivity contribution in [2.75, 3.05) is 26.2 Å². The first-order chi connectivity index (χ1) is 11.3. The van der Waals surface area contributed by atoms with Crippen molar-refractivity contribution < 1.29 is 4.79 Å². The van der Waals surface area contributed by atoms with E-state index in [0.29, 0.717) is 12.3 Å². The van der Waals surface area contributed by atoms with Gasteiger partial charge in [-0.25, -0.2) is 0 Å². The van der Waals surface area contributed by atoms with Crippen LogP contribution in [-0.4, -0.2) is 37.0 Å². The van der Waals surface area contributed by atoms with Crippen LogP contribution in [0.4, 0.5) is 0 Å². The van der Waals surface area contributed by atoms with Gasteiger partial charge < -0.3 is 11.1 Å². The number of nitrogens with two attached hydrogens (primary N) is 1. The first-order valence-corrected chi connectivity index (χ1v) is 9.87.